The number of fused-ring (bicyclic) bond motifs is 1. The fourth-order valence-electron chi connectivity index (χ4n) is 2.90. The van der Waals surface area contributed by atoms with Gasteiger partial charge in [-0.2, -0.15) is 0 Å². The lowest BCUT2D eigenvalue weighted by molar-refractivity contribution is -0.142. The molecule has 1 aliphatic rings. The van der Waals surface area contributed by atoms with Crippen molar-refractivity contribution in [3.8, 4) is 11.1 Å². The molecule has 126 valence electrons. The van der Waals surface area contributed by atoms with Crippen molar-refractivity contribution in [2.45, 2.75) is 19.4 Å². The summed E-state index contributed by atoms with van der Waals surface area (Å²) in [7, 11) is -2.17. The number of hydrogen-bond acceptors (Lipinski definition) is 5. The molecule has 0 N–H and O–H groups in total. The molecular formula is C18H19O5P. The molecule has 5 nitrogen and oxygen atoms in total. The van der Waals surface area contributed by atoms with E-state index in [-0.39, 0.29) is 13.0 Å². The highest BCUT2D eigenvalue weighted by atomic mass is 31.2. The first-order valence-electron chi connectivity index (χ1n) is 7.77. The highest BCUT2D eigenvalue weighted by molar-refractivity contribution is 7.63. The average Bonchev–Trinajstić information content (AvgIpc) is 2.88. The van der Waals surface area contributed by atoms with Gasteiger partial charge in [0.25, 0.3) is 0 Å². The van der Waals surface area contributed by atoms with Crippen molar-refractivity contribution in [2.24, 2.45) is 0 Å². The van der Waals surface area contributed by atoms with Gasteiger partial charge >= 0.3 is 13.6 Å². The Kier molecular flexibility index (Phi) is 4.86. The number of hydrogen-bond donors (Lipinski definition) is 0. The van der Waals surface area contributed by atoms with E-state index in [4.69, 9.17) is 13.8 Å². The van der Waals surface area contributed by atoms with Crippen LogP contribution in [0.5, 0.6) is 0 Å². The van der Waals surface area contributed by atoms with Crippen LogP contribution in [0.1, 0.15) is 25.0 Å². The number of rotatable bonds is 5. The second-order valence-corrected chi connectivity index (χ2v) is 7.31. The van der Waals surface area contributed by atoms with E-state index in [2.05, 4.69) is 0 Å². The smallest absolute Gasteiger partial charge is 0.362 e. The summed E-state index contributed by atoms with van der Waals surface area (Å²) in [5.74, 6) is -0.416. The fourth-order valence-corrected chi connectivity index (χ4v) is 5.09. The molecule has 1 heterocycles. The van der Waals surface area contributed by atoms with E-state index in [1.807, 2.05) is 48.5 Å². The third kappa shape index (κ3) is 3.03. The highest BCUT2D eigenvalue weighted by Crippen LogP contribution is 2.59. The van der Waals surface area contributed by atoms with Crippen LogP contribution in [0.15, 0.2) is 48.5 Å². The Morgan fingerprint density at radius 3 is 2.58 bits per heavy atom. The Balaban J connectivity index is 2.14. The van der Waals surface area contributed by atoms with Crippen molar-refractivity contribution in [1.29, 1.82) is 0 Å². The zero-order chi connectivity index (χ0) is 17.2. The predicted molar refractivity (Wildman–Crippen MR) is 91.2 cm³/mol. The largest absolute Gasteiger partial charge is 0.469 e. The van der Waals surface area contributed by atoms with Gasteiger partial charge in [-0.05, 0) is 23.6 Å². The van der Waals surface area contributed by atoms with Crippen LogP contribution in [0, 0.1) is 0 Å². The first kappa shape index (κ1) is 16.9. The average molecular weight is 346 g/mol. The van der Waals surface area contributed by atoms with Crippen molar-refractivity contribution in [1.82, 2.24) is 0 Å². The third-order valence-electron chi connectivity index (χ3n) is 3.92. The molecule has 0 saturated heterocycles. The first-order valence-corrected chi connectivity index (χ1v) is 9.32. The van der Waals surface area contributed by atoms with Crippen LogP contribution < -0.4 is 5.30 Å². The fraction of sp³-hybridized carbons (Fsp3) is 0.278. The summed E-state index contributed by atoms with van der Waals surface area (Å²) in [6, 6.07) is 15.2. The van der Waals surface area contributed by atoms with Crippen molar-refractivity contribution >= 4 is 18.9 Å². The van der Waals surface area contributed by atoms with Crippen molar-refractivity contribution < 1.29 is 23.1 Å². The topological polar surface area (TPSA) is 61.8 Å². The zero-order valence-electron chi connectivity index (χ0n) is 13.6. The Morgan fingerprint density at radius 1 is 1.17 bits per heavy atom. The van der Waals surface area contributed by atoms with Gasteiger partial charge in [0.1, 0.15) is 6.10 Å². The molecule has 0 fully saturated rings. The summed E-state index contributed by atoms with van der Waals surface area (Å²) in [4.78, 5) is 11.7. The van der Waals surface area contributed by atoms with E-state index in [1.54, 1.807) is 6.92 Å². The van der Waals surface area contributed by atoms with Crippen LogP contribution in [-0.2, 0) is 23.1 Å². The molecule has 0 radical (unpaired) electrons. The van der Waals surface area contributed by atoms with E-state index < -0.39 is 19.7 Å². The van der Waals surface area contributed by atoms with Crippen LogP contribution in [0.2, 0.25) is 0 Å². The minimum absolute atomic E-state index is 0.00118. The summed E-state index contributed by atoms with van der Waals surface area (Å²) in [5, 5.41) is 0.548. The second-order valence-electron chi connectivity index (χ2n) is 5.40. The molecule has 0 spiro atoms. The van der Waals surface area contributed by atoms with Gasteiger partial charge in [0, 0.05) is 0 Å². The maximum atomic E-state index is 13.3. The van der Waals surface area contributed by atoms with Crippen LogP contribution in [0.3, 0.4) is 0 Å². The Bertz CT molecular complexity index is 787. The van der Waals surface area contributed by atoms with Crippen molar-refractivity contribution in [3.05, 3.63) is 54.1 Å². The van der Waals surface area contributed by atoms with E-state index in [0.717, 1.165) is 16.7 Å². The van der Waals surface area contributed by atoms with Gasteiger partial charge in [-0.3, -0.25) is 13.9 Å². The molecule has 24 heavy (non-hydrogen) atoms. The van der Waals surface area contributed by atoms with Crippen LogP contribution >= 0.6 is 7.60 Å². The Labute approximate surface area is 141 Å². The van der Waals surface area contributed by atoms with Gasteiger partial charge in [0.05, 0.1) is 25.4 Å². The lowest BCUT2D eigenvalue weighted by atomic mass is 9.99. The predicted octanol–water partition coefficient (Wildman–Crippen LogP) is 3.84. The number of methoxy groups -OCH3 is 1. The minimum atomic E-state index is -3.49. The molecule has 3 rings (SSSR count). The molecule has 0 saturated carbocycles. The van der Waals surface area contributed by atoms with Gasteiger partial charge in [0.15, 0.2) is 0 Å². The molecule has 6 heteroatoms. The minimum Gasteiger partial charge on any atom is -0.469 e. The molecule has 2 unspecified atom stereocenters. The van der Waals surface area contributed by atoms with Crippen molar-refractivity contribution in [3.63, 3.8) is 0 Å². The van der Waals surface area contributed by atoms with Crippen molar-refractivity contribution in [2.75, 3.05) is 13.7 Å². The first-order chi connectivity index (χ1) is 11.6. The standard InChI is InChI=1S/C18H19O5P/c1-3-22-24(20)18-14(13-8-5-4-6-9-13)10-7-11-15(18)16(23-24)12-17(19)21-2/h4-11,16H,3,12H2,1-2H3. The zero-order valence-corrected chi connectivity index (χ0v) is 14.5. The molecule has 0 amide bonds. The normalized spacial score (nSPS) is 22.2. The number of carbonyl (C=O) groups is 1. The molecule has 0 bridgehead atoms. The highest BCUT2D eigenvalue weighted by Gasteiger charge is 2.45. The van der Waals surface area contributed by atoms with Gasteiger partial charge in [0.2, 0.25) is 0 Å². The lowest BCUT2D eigenvalue weighted by Crippen LogP contribution is -2.11. The summed E-state index contributed by atoms with van der Waals surface area (Å²) in [6.45, 7) is 2.02. The number of ether oxygens (including phenoxy) is 1. The van der Waals surface area contributed by atoms with E-state index in [1.165, 1.54) is 7.11 Å². The molecule has 1 aliphatic heterocycles. The monoisotopic (exact) mass is 346 g/mol. The van der Waals surface area contributed by atoms with E-state index in [9.17, 15) is 9.36 Å². The summed E-state index contributed by atoms with van der Waals surface area (Å²) < 4.78 is 29.3. The number of benzene rings is 2. The number of carbonyl (C=O) groups excluding carboxylic acids is 1. The molecular weight excluding hydrogens is 327 g/mol. The molecule has 0 aliphatic carbocycles. The third-order valence-corrected chi connectivity index (χ3v) is 6.09. The SMILES string of the molecule is CCOP1(=O)OC(CC(=O)OC)c2cccc(-c3ccccc3)c21. The molecule has 2 aromatic rings. The van der Waals surface area contributed by atoms with Crippen LogP contribution in [-0.4, -0.2) is 19.7 Å². The van der Waals surface area contributed by atoms with Gasteiger partial charge in [-0.25, -0.2) is 0 Å². The van der Waals surface area contributed by atoms with Gasteiger partial charge in [-0.1, -0.05) is 48.5 Å². The van der Waals surface area contributed by atoms with E-state index >= 15 is 0 Å². The molecule has 2 aromatic carbocycles. The number of esters is 1. The lowest BCUT2D eigenvalue weighted by Gasteiger charge is -2.15. The van der Waals surface area contributed by atoms with Gasteiger partial charge < -0.3 is 9.26 Å². The summed E-state index contributed by atoms with van der Waals surface area (Å²) in [5.41, 5.74) is 2.45. The Morgan fingerprint density at radius 2 is 1.92 bits per heavy atom. The maximum absolute atomic E-state index is 13.3. The molecule has 2 atom stereocenters. The summed E-state index contributed by atoms with van der Waals surface area (Å²) >= 11 is 0. The Hall–Kier alpha value is -1.94. The summed E-state index contributed by atoms with van der Waals surface area (Å²) in [6.07, 6.45) is -0.632. The second kappa shape index (κ2) is 6.89. The van der Waals surface area contributed by atoms with Crippen LogP contribution in [0.25, 0.3) is 11.1 Å². The van der Waals surface area contributed by atoms with Gasteiger partial charge in [-0.15, -0.1) is 0 Å². The quantitative estimate of drug-likeness (QED) is 0.608. The van der Waals surface area contributed by atoms with E-state index in [0.29, 0.717) is 5.30 Å². The molecule has 0 aromatic heterocycles. The van der Waals surface area contributed by atoms with Crippen LogP contribution in [0.4, 0.5) is 0 Å². The maximum Gasteiger partial charge on any atom is 0.362 e.